The van der Waals surface area contributed by atoms with Crippen molar-refractivity contribution in [3.63, 3.8) is 0 Å². The van der Waals surface area contributed by atoms with Crippen LogP contribution in [0.5, 0.6) is 0 Å². The molecular weight excluding hydrogens is 256 g/mol. The Morgan fingerprint density at radius 1 is 1.21 bits per heavy atom. The van der Waals surface area contributed by atoms with Crippen LogP contribution in [0.1, 0.15) is 42.5 Å². The number of carbonyl (C=O) groups excluding carboxylic acids is 1. The highest BCUT2D eigenvalue weighted by molar-refractivity contribution is 7.98. The van der Waals surface area contributed by atoms with Crippen molar-refractivity contribution < 1.29 is 9.90 Å². The molecule has 2 rings (SSSR count). The molecule has 1 fully saturated rings. The molecule has 0 saturated heterocycles. The number of aliphatic hydroxyl groups is 1. The summed E-state index contributed by atoms with van der Waals surface area (Å²) in [5.41, 5.74) is -0.364. The van der Waals surface area contributed by atoms with E-state index in [1.807, 2.05) is 18.4 Å². The van der Waals surface area contributed by atoms with Crippen LogP contribution in [0, 0.1) is 11.8 Å². The predicted molar refractivity (Wildman–Crippen MR) is 78.4 cm³/mol. The van der Waals surface area contributed by atoms with Gasteiger partial charge in [0, 0.05) is 10.5 Å². The quantitative estimate of drug-likeness (QED) is 0.389. The number of Topliss-reactive ketones (excluding diaryl/α,β-unsaturated/α-hetero) is 1. The second kappa shape index (κ2) is 6.27. The molecule has 1 aromatic carbocycles. The molecule has 1 saturated carbocycles. The minimum atomic E-state index is -0.951. The predicted octanol–water partition coefficient (Wildman–Crippen LogP) is 3.29. The van der Waals surface area contributed by atoms with Crippen molar-refractivity contribution in [2.24, 2.45) is 0 Å². The number of rotatable bonds is 2. The van der Waals surface area contributed by atoms with Crippen LogP contribution in [-0.2, 0) is 0 Å². The van der Waals surface area contributed by atoms with Crippen molar-refractivity contribution in [1.29, 1.82) is 0 Å². The lowest BCUT2D eigenvalue weighted by atomic mass is 9.85. The van der Waals surface area contributed by atoms with E-state index in [-0.39, 0.29) is 5.78 Å². The Hall–Kier alpha value is -1.24. The first kappa shape index (κ1) is 14.2. The zero-order chi connectivity index (χ0) is 13.7. The fraction of sp³-hybridized carbons (Fsp3) is 0.438. The molecule has 0 unspecified atom stereocenters. The Labute approximate surface area is 118 Å². The van der Waals surface area contributed by atoms with Crippen molar-refractivity contribution in [3.8, 4) is 11.8 Å². The highest BCUT2D eigenvalue weighted by Crippen LogP contribution is 2.27. The fourth-order valence-electron chi connectivity index (χ4n) is 2.25. The Balaban J connectivity index is 2.08. The van der Waals surface area contributed by atoms with E-state index in [2.05, 4.69) is 11.8 Å². The van der Waals surface area contributed by atoms with Gasteiger partial charge in [0.05, 0.1) is 0 Å². The van der Waals surface area contributed by atoms with Gasteiger partial charge in [0.25, 0.3) is 0 Å². The maximum absolute atomic E-state index is 11.9. The van der Waals surface area contributed by atoms with E-state index in [1.165, 1.54) is 0 Å². The van der Waals surface area contributed by atoms with Crippen LogP contribution in [0.2, 0.25) is 0 Å². The van der Waals surface area contributed by atoms with Gasteiger partial charge in [0.2, 0.25) is 5.78 Å². The smallest absolute Gasteiger partial charge is 0.235 e. The molecule has 0 atom stereocenters. The van der Waals surface area contributed by atoms with Gasteiger partial charge in [-0.3, -0.25) is 4.79 Å². The average molecular weight is 274 g/mol. The first-order valence-electron chi connectivity index (χ1n) is 6.57. The summed E-state index contributed by atoms with van der Waals surface area (Å²) in [5, 5.41) is 10.2. The van der Waals surface area contributed by atoms with Gasteiger partial charge in [-0.05, 0) is 62.1 Å². The number of hydrogen-bond donors (Lipinski definition) is 1. The summed E-state index contributed by atoms with van der Waals surface area (Å²) in [7, 11) is 0. The van der Waals surface area contributed by atoms with Crippen molar-refractivity contribution in [2.75, 3.05) is 6.26 Å². The van der Waals surface area contributed by atoms with E-state index in [0.717, 1.165) is 24.2 Å². The molecule has 3 heteroatoms. The molecule has 0 amide bonds. The third-order valence-corrected chi connectivity index (χ3v) is 4.19. The minimum absolute atomic E-state index is 0.216. The van der Waals surface area contributed by atoms with Crippen molar-refractivity contribution in [3.05, 3.63) is 29.8 Å². The zero-order valence-electron chi connectivity index (χ0n) is 11.1. The third-order valence-electron chi connectivity index (χ3n) is 3.44. The summed E-state index contributed by atoms with van der Waals surface area (Å²) in [6.45, 7) is 0. The molecule has 0 aliphatic heterocycles. The van der Waals surface area contributed by atoms with Gasteiger partial charge >= 0.3 is 0 Å². The van der Waals surface area contributed by atoms with Gasteiger partial charge in [0.1, 0.15) is 5.60 Å². The SMILES string of the molecule is CSc1ccc(C(=O)C#CC2(O)CCCCC2)cc1. The Bertz CT molecular complexity index is 502. The number of benzene rings is 1. The van der Waals surface area contributed by atoms with E-state index >= 15 is 0 Å². The molecule has 1 aliphatic carbocycles. The molecule has 0 spiro atoms. The van der Waals surface area contributed by atoms with E-state index < -0.39 is 5.60 Å². The Morgan fingerprint density at radius 3 is 2.42 bits per heavy atom. The van der Waals surface area contributed by atoms with Crippen LogP contribution in [0.4, 0.5) is 0 Å². The van der Waals surface area contributed by atoms with E-state index in [9.17, 15) is 9.90 Å². The topological polar surface area (TPSA) is 37.3 Å². The summed E-state index contributed by atoms with van der Waals surface area (Å²) in [5.74, 6) is 5.16. The highest BCUT2D eigenvalue weighted by atomic mass is 32.2. The Morgan fingerprint density at radius 2 is 1.84 bits per heavy atom. The molecule has 0 bridgehead atoms. The van der Waals surface area contributed by atoms with E-state index in [0.29, 0.717) is 18.4 Å². The highest BCUT2D eigenvalue weighted by Gasteiger charge is 2.26. The van der Waals surface area contributed by atoms with Crippen molar-refractivity contribution in [2.45, 2.75) is 42.6 Å². The lowest BCUT2D eigenvalue weighted by molar-refractivity contribution is 0.0607. The summed E-state index contributed by atoms with van der Waals surface area (Å²) in [4.78, 5) is 13.1. The Kier molecular flexibility index (Phi) is 4.68. The monoisotopic (exact) mass is 274 g/mol. The molecular formula is C16H18O2S. The van der Waals surface area contributed by atoms with Crippen molar-refractivity contribution >= 4 is 17.5 Å². The number of carbonyl (C=O) groups is 1. The normalized spacial score (nSPS) is 17.4. The lowest BCUT2D eigenvalue weighted by Gasteiger charge is -2.26. The van der Waals surface area contributed by atoms with E-state index in [4.69, 9.17) is 0 Å². The summed E-state index contributed by atoms with van der Waals surface area (Å²) < 4.78 is 0. The van der Waals surface area contributed by atoms with Gasteiger partial charge in [-0.2, -0.15) is 0 Å². The van der Waals surface area contributed by atoms with Gasteiger partial charge in [-0.25, -0.2) is 0 Å². The van der Waals surface area contributed by atoms with Gasteiger partial charge in [-0.1, -0.05) is 12.3 Å². The summed E-state index contributed by atoms with van der Waals surface area (Å²) in [6, 6.07) is 7.39. The maximum Gasteiger partial charge on any atom is 0.235 e. The molecule has 0 aromatic heterocycles. The van der Waals surface area contributed by atoms with Gasteiger partial charge < -0.3 is 5.11 Å². The van der Waals surface area contributed by atoms with E-state index in [1.54, 1.807) is 23.9 Å². The maximum atomic E-state index is 11.9. The van der Waals surface area contributed by atoms with Crippen LogP contribution in [0.25, 0.3) is 0 Å². The molecule has 100 valence electrons. The largest absolute Gasteiger partial charge is 0.378 e. The summed E-state index contributed by atoms with van der Waals surface area (Å²) >= 11 is 1.64. The average Bonchev–Trinajstić information content (AvgIpc) is 2.46. The second-order valence-corrected chi connectivity index (χ2v) is 5.78. The van der Waals surface area contributed by atoms with Crippen LogP contribution >= 0.6 is 11.8 Å². The summed E-state index contributed by atoms with van der Waals surface area (Å²) in [6.07, 6.45) is 6.48. The van der Waals surface area contributed by atoms with Crippen LogP contribution in [0.15, 0.2) is 29.2 Å². The standard InChI is InChI=1S/C16H18O2S/c1-19-14-7-5-13(6-8-14)15(17)9-12-16(18)10-3-2-4-11-16/h5-8,18H,2-4,10-11H2,1H3. The number of ketones is 1. The molecule has 0 radical (unpaired) electrons. The van der Waals surface area contributed by atoms with Crippen LogP contribution in [0.3, 0.4) is 0 Å². The minimum Gasteiger partial charge on any atom is -0.378 e. The van der Waals surface area contributed by atoms with Crippen molar-refractivity contribution in [1.82, 2.24) is 0 Å². The molecule has 2 nitrogen and oxygen atoms in total. The number of hydrogen-bond acceptors (Lipinski definition) is 3. The zero-order valence-corrected chi connectivity index (χ0v) is 11.9. The molecule has 1 aliphatic rings. The molecule has 0 heterocycles. The first-order valence-corrected chi connectivity index (χ1v) is 7.79. The lowest BCUT2D eigenvalue weighted by Crippen LogP contribution is -2.29. The molecule has 19 heavy (non-hydrogen) atoms. The second-order valence-electron chi connectivity index (χ2n) is 4.90. The third kappa shape index (κ3) is 3.86. The van der Waals surface area contributed by atoms with Gasteiger partial charge in [0.15, 0.2) is 0 Å². The molecule has 1 aromatic rings. The fourth-order valence-corrected chi connectivity index (χ4v) is 2.66. The van der Waals surface area contributed by atoms with Crippen LogP contribution in [-0.4, -0.2) is 22.7 Å². The van der Waals surface area contributed by atoms with Crippen LogP contribution < -0.4 is 0 Å². The molecule has 1 N–H and O–H groups in total. The first-order chi connectivity index (χ1) is 9.13. The van der Waals surface area contributed by atoms with Gasteiger partial charge in [-0.15, -0.1) is 11.8 Å². The number of thioether (sulfide) groups is 1.